The van der Waals surface area contributed by atoms with Gasteiger partial charge in [-0.1, -0.05) is 6.07 Å². The maximum Gasteiger partial charge on any atom is 0.210 e. The van der Waals surface area contributed by atoms with Crippen LogP contribution in [-0.4, -0.2) is 19.7 Å². The van der Waals surface area contributed by atoms with Crippen LogP contribution in [0.5, 0.6) is 0 Å². The van der Waals surface area contributed by atoms with Crippen molar-refractivity contribution in [2.75, 3.05) is 6.26 Å². The zero-order valence-electron chi connectivity index (χ0n) is 7.51. The minimum atomic E-state index is -3.38. The third kappa shape index (κ3) is 3.12. The number of pyridine rings is 1. The highest BCUT2D eigenvalue weighted by molar-refractivity contribution is 7.88. The second-order valence-electron chi connectivity index (χ2n) is 2.74. The first-order valence-corrected chi connectivity index (χ1v) is 5.69. The lowest BCUT2D eigenvalue weighted by Gasteiger charge is -2.08. The fourth-order valence-electron chi connectivity index (χ4n) is 0.930. The van der Waals surface area contributed by atoms with Gasteiger partial charge in [0.2, 0.25) is 10.0 Å². The van der Waals surface area contributed by atoms with Gasteiger partial charge in [-0.05, 0) is 6.07 Å². The molecule has 0 aliphatic carbocycles. The molecule has 1 unspecified atom stereocenters. The molecule has 0 radical (unpaired) electrons. The van der Waals surface area contributed by atoms with Gasteiger partial charge in [0, 0.05) is 18.0 Å². The molecule has 0 bridgehead atoms. The molecule has 14 heavy (non-hydrogen) atoms. The number of nitrogens with one attached hydrogen (secondary N) is 1. The van der Waals surface area contributed by atoms with E-state index in [9.17, 15) is 8.42 Å². The predicted molar refractivity (Wildman–Crippen MR) is 50.6 cm³/mol. The normalized spacial score (nSPS) is 13.1. The SMILES string of the molecule is CS(=O)(=O)NC(C#N)c1cccnc1. The van der Waals surface area contributed by atoms with Gasteiger partial charge in [-0.3, -0.25) is 4.98 Å². The molecule has 1 atom stereocenters. The fourth-order valence-corrected chi connectivity index (χ4v) is 1.55. The zero-order chi connectivity index (χ0) is 10.6. The van der Waals surface area contributed by atoms with Crippen LogP contribution in [0.2, 0.25) is 0 Å². The summed E-state index contributed by atoms with van der Waals surface area (Å²) in [5, 5.41) is 8.74. The Morgan fingerprint density at radius 1 is 1.64 bits per heavy atom. The summed E-state index contributed by atoms with van der Waals surface area (Å²) in [6.45, 7) is 0. The molecule has 0 aliphatic heterocycles. The van der Waals surface area contributed by atoms with Crippen LogP contribution in [0.1, 0.15) is 11.6 Å². The second kappa shape index (κ2) is 4.17. The highest BCUT2D eigenvalue weighted by Gasteiger charge is 2.14. The average molecular weight is 211 g/mol. The monoisotopic (exact) mass is 211 g/mol. The molecule has 1 rings (SSSR count). The number of nitriles is 1. The number of rotatable bonds is 3. The molecule has 1 N–H and O–H groups in total. The molecular weight excluding hydrogens is 202 g/mol. The third-order valence-corrected chi connectivity index (χ3v) is 2.14. The molecule has 0 saturated heterocycles. The Balaban J connectivity index is 2.91. The number of hydrogen-bond donors (Lipinski definition) is 1. The van der Waals surface area contributed by atoms with Gasteiger partial charge < -0.3 is 0 Å². The van der Waals surface area contributed by atoms with E-state index in [0.717, 1.165) is 6.26 Å². The highest BCUT2D eigenvalue weighted by atomic mass is 32.2. The number of nitrogens with zero attached hydrogens (tertiary/aromatic N) is 2. The van der Waals surface area contributed by atoms with E-state index in [-0.39, 0.29) is 0 Å². The lowest BCUT2D eigenvalue weighted by Crippen LogP contribution is -2.26. The first-order chi connectivity index (χ1) is 6.53. The molecule has 0 spiro atoms. The van der Waals surface area contributed by atoms with Gasteiger partial charge >= 0.3 is 0 Å². The molecule has 0 amide bonds. The van der Waals surface area contributed by atoms with E-state index in [4.69, 9.17) is 5.26 Å². The van der Waals surface area contributed by atoms with Crippen molar-refractivity contribution >= 4 is 10.0 Å². The lowest BCUT2D eigenvalue weighted by molar-refractivity contribution is 0.581. The topological polar surface area (TPSA) is 82.9 Å². The second-order valence-corrected chi connectivity index (χ2v) is 4.52. The van der Waals surface area contributed by atoms with Crippen LogP contribution in [0.3, 0.4) is 0 Å². The fraction of sp³-hybridized carbons (Fsp3) is 0.250. The van der Waals surface area contributed by atoms with Crippen molar-refractivity contribution in [3.8, 4) is 6.07 Å². The summed E-state index contributed by atoms with van der Waals surface area (Å²) >= 11 is 0. The standard InChI is InChI=1S/C8H9N3O2S/c1-14(12,13)11-8(5-9)7-3-2-4-10-6-7/h2-4,6,8,11H,1H3. The van der Waals surface area contributed by atoms with Gasteiger partial charge in [-0.2, -0.15) is 9.98 Å². The summed E-state index contributed by atoms with van der Waals surface area (Å²) in [5.74, 6) is 0. The van der Waals surface area contributed by atoms with Crippen LogP contribution >= 0.6 is 0 Å². The van der Waals surface area contributed by atoms with Crippen molar-refractivity contribution in [1.82, 2.24) is 9.71 Å². The van der Waals surface area contributed by atoms with E-state index >= 15 is 0 Å². The molecule has 0 aromatic carbocycles. The maximum absolute atomic E-state index is 10.9. The van der Waals surface area contributed by atoms with Crippen molar-refractivity contribution in [1.29, 1.82) is 5.26 Å². The average Bonchev–Trinajstić information content (AvgIpc) is 2.14. The van der Waals surface area contributed by atoms with Crippen molar-refractivity contribution in [3.63, 3.8) is 0 Å². The molecule has 0 saturated carbocycles. The number of hydrogen-bond acceptors (Lipinski definition) is 4. The summed E-state index contributed by atoms with van der Waals surface area (Å²) in [7, 11) is -3.38. The van der Waals surface area contributed by atoms with Crippen molar-refractivity contribution in [2.45, 2.75) is 6.04 Å². The van der Waals surface area contributed by atoms with E-state index < -0.39 is 16.1 Å². The molecule has 1 aromatic rings. The van der Waals surface area contributed by atoms with E-state index in [1.165, 1.54) is 6.20 Å². The van der Waals surface area contributed by atoms with Gasteiger partial charge in [0.25, 0.3) is 0 Å². The van der Waals surface area contributed by atoms with Crippen molar-refractivity contribution in [2.24, 2.45) is 0 Å². The smallest absolute Gasteiger partial charge is 0.210 e. The molecule has 0 aliphatic rings. The minimum absolute atomic E-state index is 0.528. The minimum Gasteiger partial charge on any atom is -0.264 e. The van der Waals surface area contributed by atoms with Crippen LogP contribution in [-0.2, 0) is 10.0 Å². The predicted octanol–water partition coefficient (Wildman–Crippen LogP) is 0.195. The molecule has 1 heterocycles. The van der Waals surface area contributed by atoms with E-state index in [2.05, 4.69) is 9.71 Å². The Bertz CT molecular complexity index is 435. The van der Waals surface area contributed by atoms with Crippen molar-refractivity contribution in [3.05, 3.63) is 30.1 Å². The van der Waals surface area contributed by atoms with Gasteiger partial charge in [0.1, 0.15) is 6.04 Å². The van der Waals surface area contributed by atoms with Crippen LogP contribution in [0, 0.1) is 11.3 Å². The van der Waals surface area contributed by atoms with E-state index in [1.54, 1.807) is 18.3 Å². The lowest BCUT2D eigenvalue weighted by atomic mass is 10.1. The Morgan fingerprint density at radius 3 is 2.79 bits per heavy atom. The molecular formula is C8H9N3O2S. The van der Waals surface area contributed by atoms with Crippen LogP contribution < -0.4 is 4.72 Å². The summed E-state index contributed by atoms with van der Waals surface area (Å²) in [5.41, 5.74) is 0.528. The third-order valence-electron chi connectivity index (χ3n) is 1.48. The number of aromatic nitrogens is 1. The van der Waals surface area contributed by atoms with Crippen molar-refractivity contribution < 1.29 is 8.42 Å². The molecule has 1 aromatic heterocycles. The van der Waals surface area contributed by atoms with Crippen LogP contribution in [0.15, 0.2) is 24.5 Å². The molecule has 74 valence electrons. The molecule has 5 nitrogen and oxygen atoms in total. The van der Waals surface area contributed by atoms with Crippen LogP contribution in [0.4, 0.5) is 0 Å². The summed E-state index contributed by atoms with van der Waals surface area (Å²) in [6, 6.07) is 4.25. The zero-order valence-corrected chi connectivity index (χ0v) is 8.32. The van der Waals surface area contributed by atoms with Gasteiger partial charge in [-0.15, -0.1) is 0 Å². The van der Waals surface area contributed by atoms with Gasteiger partial charge in [0.15, 0.2) is 0 Å². The first kappa shape index (κ1) is 10.6. The van der Waals surface area contributed by atoms with E-state index in [0.29, 0.717) is 5.56 Å². The van der Waals surface area contributed by atoms with Gasteiger partial charge in [-0.25, -0.2) is 8.42 Å². The Labute approximate surface area is 82.4 Å². The Hall–Kier alpha value is -1.45. The maximum atomic E-state index is 10.9. The van der Waals surface area contributed by atoms with Gasteiger partial charge in [0.05, 0.1) is 12.3 Å². The molecule has 6 heteroatoms. The van der Waals surface area contributed by atoms with Crippen LogP contribution in [0.25, 0.3) is 0 Å². The highest BCUT2D eigenvalue weighted by Crippen LogP contribution is 2.10. The first-order valence-electron chi connectivity index (χ1n) is 3.80. The quantitative estimate of drug-likeness (QED) is 0.774. The summed E-state index contributed by atoms with van der Waals surface area (Å²) in [4.78, 5) is 3.80. The summed E-state index contributed by atoms with van der Waals surface area (Å²) in [6.07, 6.45) is 4.01. The Kier molecular flexibility index (Phi) is 3.17. The Morgan fingerprint density at radius 2 is 2.36 bits per heavy atom. The summed E-state index contributed by atoms with van der Waals surface area (Å²) < 4.78 is 24.0. The number of sulfonamides is 1. The largest absolute Gasteiger partial charge is 0.264 e. The molecule has 0 fully saturated rings. The van der Waals surface area contributed by atoms with E-state index in [1.807, 2.05) is 6.07 Å².